The highest BCUT2D eigenvalue weighted by molar-refractivity contribution is 6.13. The normalized spacial score (nSPS) is 11.4. The third kappa shape index (κ3) is 7.20. The van der Waals surface area contributed by atoms with Crippen LogP contribution < -0.4 is 4.90 Å². The Morgan fingerprint density at radius 3 is 1.22 bits per heavy atom. The van der Waals surface area contributed by atoms with Gasteiger partial charge in [0.05, 0.1) is 0 Å². The fraction of sp³-hybridized carbons (Fsp3) is 0. The smallest absolute Gasteiger partial charge is 0.0468 e. The summed E-state index contributed by atoms with van der Waals surface area (Å²) in [6.07, 6.45) is 0. The van der Waals surface area contributed by atoms with Crippen LogP contribution in [0.1, 0.15) is 0 Å². The molecule has 12 aromatic carbocycles. The van der Waals surface area contributed by atoms with Gasteiger partial charge in [-0.2, -0.15) is 0 Å². The monoisotopic (exact) mass is 825 g/mol. The summed E-state index contributed by atoms with van der Waals surface area (Å²) < 4.78 is 0. The molecule has 12 aromatic rings. The summed E-state index contributed by atoms with van der Waals surface area (Å²) in [6, 6.07) is 95.3. The molecule has 0 aliphatic rings. The molecule has 0 heterocycles. The van der Waals surface area contributed by atoms with Crippen LogP contribution in [0.3, 0.4) is 0 Å². The van der Waals surface area contributed by atoms with E-state index in [0.717, 1.165) is 17.1 Å². The number of hydrogen-bond acceptors (Lipinski definition) is 1. The topological polar surface area (TPSA) is 3.24 Å². The number of rotatable bonds is 8. The molecule has 0 saturated heterocycles. The van der Waals surface area contributed by atoms with Gasteiger partial charge >= 0.3 is 0 Å². The fourth-order valence-electron chi connectivity index (χ4n) is 9.69. The Morgan fingerprint density at radius 1 is 0.185 bits per heavy atom. The molecule has 0 atom stereocenters. The van der Waals surface area contributed by atoms with Crippen molar-refractivity contribution in [2.75, 3.05) is 4.90 Å². The van der Waals surface area contributed by atoms with Crippen LogP contribution in [0.15, 0.2) is 261 Å². The molecule has 0 amide bonds. The molecule has 0 fully saturated rings. The molecule has 0 aromatic heterocycles. The maximum absolute atomic E-state index is 2.39. The van der Waals surface area contributed by atoms with Crippen molar-refractivity contribution in [2.45, 2.75) is 0 Å². The van der Waals surface area contributed by atoms with Gasteiger partial charge in [0.25, 0.3) is 0 Å². The Kier molecular flexibility index (Phi) is 9.58. The first-order chi connectivity index (χ1) is 32.2. The van der Waals surface area contributed by atoms with Crippen LogP contribution in [0.25, 0.3) is 98.7 Å². The molecule has 65 heavy (non-hydrogen) atoms. The van der Waals surface area contributed by atoms with Gasteiger partial charge in [-0.25, -0.2) is 0 Å². The highest BCUT2D eigenvalue weighted by Crippen LogP contribution is 2.43. The lowest BCUT2D eigenvalue weighted by Gasteiger charge is -2.27. The summed E-state index contributed by atoms with van der Waals surface area (Å²) >= 11 is 0. The van der Waals surface area contributed by atoms with Gasteiger partial charge in [-0.3, -0.25) is 0 Å². The van der Waals surface area contributed by atoms with Crippen molar-refractivity contribution in [1.29, 1.82) is 0 Å². The highest BCUT2D eigenvalue weighted by atomic mass is 15.1. The summed E-state index contributed by atoms with van der Waals surface area (Å²) in [5.41, 5.74) is 15.2. The molecule has 12 rings (SSSR count). The van der Waals surface area contributed by atoms with Crippen molar-refractivity contribution in [3.63, 3.8) is 0 Å². The van der Waals surface area contributed by atoms with Crippen molar-refractivity contribution in [3.05, 3.63) is 261 Å². The Labute approximate surface area is 379 Å². The van der Waals surface area contributed by atoms with Crippen LogP contribution in [0.2, 0.25) is 0 Å². The molecular weight excluding hydrogens is 783 g/mol. The van der Waals surface area contributed by atoms with Gasteiger partial charge in [0.15, 0.2) is 0 Å². The van der Waals surface area contributed by atoms with Gasteiger partial charge in [0, 0.05) is 17.1 Å². The minimum absolute atomic E-state index is 1.09. The predicted octanol–water partition coefficient (Wildman–Crippen LogP) is 18.1. The van der Waals surface area contributed by atoms with Crippen molar-refractivity contribution >= 4 is 60.2 Å². The number of hydrogen-bond donors (Lipinski definition) is 0. The largest absolute Gasteiger partial charge is 0.310 e. The van der Waals surface area contributed by atoms with Crippen molar-refractivity contribution in [2.24, 2.45) is 0 Å². The Balaban J connectivity index is 0.970. The zero-order chi connectivity index (χ0) is 43.1. The molecular formula is C64H43N. The quantitative estimate of drug-likeness (QED) is 0.138. The van der Waals surface area contributed by atoms with E-state index in [2.05, 4.69) is 266 Å². The molecule has 0 unspecified atom stereocenters. The van der Waals surface area contributed by atoms with Gasteiger partial charge in [-0.15, -0.1) is 0 Å². The van der Waals surface area contributed by atoms with Gasteiger partial charge in [0.2, 0.25) is 0 Å². The number of nitrogens with zero attached hydrogens (tertiary/aromatic N) is 1. The van der Waals surface area contributed by atoms with Crippen LogP contribution in [0.5, 0.6) is 0 Å². The summed E-state index contributed by atoms with van der Waals surface area (Å²) in [5.74, 6) is 0. The number of fused-ring (bicyclic) bond motifs is 5. The van der Waals surface area contributed by atoms with E-state index >= 15 is 0 Å². The maximum Gasteiger partial charge on any atom is 0.0468 e. The number of anilines is 3. The van der Waals surface area contributed by atoms with E-state index in [1.165, 1.54) is 98.7 Å². The summed E-state index contributed by atoms with van der Waals surface area (Å²) in [6.45, 7) is 0. The maximum atomic E-state index is 2.39. The molecule has 0 spiro atoms. The molecule has 304 valence electrons. The molecule has 0 aliphatic carbocycles. The van der Waals surface area contributed by atoms with Gasteiger partial charge < -0.3 is 4.90 Å². The molecule has 1 nitrogen and oxygen atoms in total. The minimum Gasteiger partial charge on any atom is -0.310 e. The van der Waals surface area contributed by atoms with Crippen molar-refractivity contribution < 1.29 is 0 Å². The van der Waals surface area contributed by atoms with Crippen LogP contribution in [0, 0.1) is 0 Å². The lowest BCUT2D eigenvalue weighted by atomic mass is 9.92. The second kappa shape index (κ2) is 16.3. The van der Waals surface area contributed by atoms with Crippen LogP contribution in [0.4, 0.5) is 17.1 Å². The van der Waals surface area contributed by atoms with Gasteiger partial charge in [-0.05, 0) is 153 Å². The zero-order valence-corrected chi connectivity index (χ0v) is 35.8. The summed E-state index contributed by atoms with van der Waals surface area (Å²) in [4.78, 5) is 2.39. The van der Waals surface area contributed by atoms with E-state index < -0.39 is 0 Å². The van der Waals surface area contributed by atoms with Gasteiger partial charge in [0.1, 0.15) is 0 Å². The number of benzene rings is 12. The van der Waals surface area contributed by atoms with Gasteiger partial charge in [-0.1, -0.05) is 206 Å². The average Bonchev–Trinajstić information content (AvgIpc) is 3.39. The first-order valence-electron chi connectivity index (χ1n) is 22.4. The SMILES string of the molecule is c1ccc(-c2cc(N(c3ccc(-c4ccc5ccccc5c4)cc3)c3ccc(-c4cc5ccccc5c5ccccc45)cc3)ccc2-c2ccc(-c3ccc4ccccc4c3)cc2)cc1. The van der Waals surface area contributed by atoms with Crippen molar-refractivity contribution in [1.82, 2.24) is 0 Å². The highest BCUT2D eigenvalue weighted by Gasteiger charge is 2.18. The lowest BCUT2D eigenvalue weighted by molar-refractivity contribution is 1.28. The van der Waals surface area contributed by atoms with E-state index in [9.17, 15) is 0 Å². The Hall–Kier alpha value is -8.52. The van der Waals surface area contributed by atoms with Crippen LogP contribution in [-0.4, -0.2) is 0 Å². The molecule has 1 heteroatoms. The minimum atomic E-state index is 1.09. The standard InChI is InChI=1S/C64H43N/c1-2-14-48(15-3-1)64-43-58(38-39-60(64)49-26-22-46(23-27-49)53-28-24-44-12-4-6-16-51(44)40-53)65(56-34-30-47(31-35-56)54-29-25-45-13-5-7-17-52(45)41-54)57-36-32-50(33-37-57)63-42-55-18-8-9-19-59(55)61-20-10-11-21-62(61)63/h1-43H. The zero-order valence-electron chi connectivity index (χ0n) is 35.8. The first-order valence-corrected chi connectivity index (χ1v) is 22.4. The van der Waals surface area contributed by atoms with E-state index in [0.29, 0.717) is 0 Å². The Bertz CT molecular complexity index is 3680. The molecule has 0 radical (unpaired) electrons. The summed E-state index contributed by atoms with van der Waals surface area (Å²) in [5, 5.41) is 10.0. The third-order valence-electron chi connectivity index (χ3n) is 13.0. The van der Waals surface area contributed by atoms with E-state index in [-0.39, 0.29) is 0 Å². The lowest BCUT2D eigenvalue weighted by Crippen LogP contribution is -2.10. The predicted molar refractivity (Wildman–Crippen MR) is 278 cm³/mol. The molecule has 0 bridgehead atoms. The van der Waals surface area contributed by atoms with E-state index in [4.69, 9.17) is 0 Å². The third-order valence-corrected chi connectivity index (χ3v) is 13.0. The summed E-state index contributed by atoms with van der Waals surface area (Å²) in [7, 11) is 0. The van der Waals surface area contributed by atoms with Crippen molar-refractivity contribution in [3.8, 4) is 55.6 Å². The van der Waals surface area contributed by atoms with E-state index in [1.54, 1.807) is 0 Å². The average molecular weight is 826 g/mol. The second-order valence-electron chi connectivity index (χ2n) is 16.9. The van der Waals surface area contributed by atoms with Crippen LogP contribution in [-0.2, 0) is 0 Å². The fourth-order valence-corrected chi connectivity index (χ4v) is 9.69. The Morgan fingerprint density at radius 2 is 0.600 bits per heavy atom. The second-order valence-corrected chi connectivity index (χ2v) is 16.9. The molecule has 0 saturated carbocycles. The molecule has 0 aliphatic heterocycles. The van der Waals surface area contributed by atoms with E-state index in [1.807, 2.05) is 0 Å². The first kappa shape index (κ1) is 38.2. The molecule has 0 N–H and O–H groups in total. The van der Waals surface area contributed by atoms with Crippen LogP contribution >= 0.6 is 0 Å².